The number of piperazine rings is 1. The molecule has 2 aliphatic carbocycles. The monoisotopic (exact) mass is 292 g/mol. The van der Waals surface area contributed by atoms with E-state index >= 15 is 0 Å². The molecule has 4 nitrogen and oxygen atoms in total. The molecule has 4 heteroatoms. The van der Waals surface area contributed by atoms with Gasteiger partial charge in [0.25, 0.3) is 0 Å². The van der Waals surface area contributed by atoms with E-state index in [4.69, 9.17) is 0 Å². The number of nitrogens with one attached hydrogen (secondary N) is 1. The van der Waals surface area contributed by atoms with E-state index in [9.17, 15) is 9.59 Å². The lowest BCUT2D eigenvalue weighted by atomic mass is 9.79. The molecule has 2 unspecified atom stereocenters. The average Bonchev–Trinajstić information content (AvgIpc) is 3.28. The molecule has 0 aromatic heterocycles. The molecule has 3 aliphatic rings. The van der Waals surface area contributed by atoms with E-state index < -0.39 is 5.54 Å². The van der Waals surface area contributed by atoms with E-state index in [1.54, 1.807) is 0 Å². The molecule has 118 valence electrons. The van der Waals surface area contributed by atoms with Crippen molar-refractivity contribution in [3.63, 3.8) is 0 Å². The van der Waals surface area contributed by atoms with E-state index in [-0.39, 0.29) is 23.9 Å². The van der Waals surface area contributed by atoms with Crippen LogP contribution in [0.1, 0.15) is 65.7 Å². The summed E-state index contributed by atoms with van der Waals surface area (Å²) < 4.78 is 0. The molecule has 0 aromatic carbocycles. The topological polar surface area (TPSA) is 49.4 Å². The quantitative estimate of drug-likeness (QED) is 0.868. The Kier molecular flexibility index (Phi) is 3.74. The van der Waals surface area contributed by atoms with Crippen LogP contribution >= 0.6 is 0 Å². The van der Waals surface area contributed by atoms with Crippen molar-refractivity contribution in [2.45, 2.75) is 83.3 Å². The van der Waals surface area contributed by atoms with Crippen molar-refractivity contribution in [3.05, 3.63) is 0 Å². The highest BCUT2D eigenvalue weighted by atomic mass is 16.2. The van der Waals surface area contributed by atoms with Gasteiger partial charge in [-0.15, -0.1) is 0 Å². The molecule has 0 aromatic rings. The van der Waals surface area contributed by atoms with Gasteiger partial charge in [0.05, 0.1) is 0 Å². The van der Waals surface area contributed by atoms with Crippen molar-refractivity contribution in [1.29, 1.82) is 0 Å². The molecular weight excluding hydrogens is 264 g/mol. The van der Waals surface area contributed by atoms with Crippen LogP contribution in [0.25, 0.3) is 0 Å². The normalized spacial score (nSPS) is 35.2. The summed E-state index contributed by atoms with van der Waals surface area (Å²) in [5.74, 6) is 0.913. The Labute approximate surface area is 127 Å². The Morgan fingerprint density at radius 2 is 1.71 bits per heavy atom. The molecule has 1 N–H and O–H groups in total. The molecule has 2 atom stereocenters. The van der Waals surface area contributed by atoms with Crippen LogP contribution in [0.15, 0.2) is 0 Å². The third-order valence-electron chi connectivity index (χ3n) is 5.68. The molecule has 0 bridgehead atoms. The molecule has 0 radical (unpaired) electrons. The molecule has 3 fully saturated rings. The van der Waals surface area contributed by atoms with Crippen molar-refractivity contribution in [2.75, 3.05) is 0 Å². The molecule has 2 amide bonds. The van der Waals surface area contributed by atoms with Gasteiger partial charge in [-0.3, -0.25) is 9.59 Å². The second-order valence-corrected chi connectivity index (χ2v) is 7.61. The van der Waals surface area contributed by atoms with Gasteiger partial charge in [0.1, 0.15) is 11.6 Å². The number of carbonyl (C=O) groups is 2. The fourth-order valence-electron chi connectivity index (χ4n) is 4.29. The van der Waals surface area contributed by atoms with Crippen LogP contribution in [0, 0.1) is 11.8 Å². The zero-order chi connectivity index (χ0) is 15.2. The summed E-state index contributed by atoms with van der Waals surface area (Å²) in [4.78, 5) is 27.8. The maximum atomic E-state index is 13.1. The van der Waals surface area contributed by atoms with Crippen molar-refractivity contribution in [2.24, 2.45) is 11.8 Å². The van der Waals surface area contributed by atoms with Gasteiger partial charge in [-0.25, -0.2) is 0 Å². The maximum absolute atomic E-state index is 13.1. The molecular formula is C17H28N2O2. The van der Waals surface area contributed by atoms with Crippen LogP contribution < -0.4 is 5.32 Å². The number of rotatable bonds is 3. The predicted octanol–water partition coefficient (Wildman–Crippen LogP) is 2.47. The molecule has 2 saturated carbocycles. The van der Waals surface area contributed by atoms with Crippen LogP contribution in [-0.2, 0) is 9.59 Å². The van der Waals surface area contributed by atoms with Crippen LogP contribution in [0.3, 0.4) is 0 Å². The SMILES string of the molecule is CC(C)N1C(=O)C(C)(C2CC2)NC(=O)C1C1CCCCC1. The summed E-state index contributed by atoms with van der Waals surface area (Å²) >= 11 is 0. The van der Waals surface area contributed by atoms with Gasteiger partial charge in [-0.1, -0.05) is 19.3 Å². The number of carbonyl (C=O) groups excluding carboxylic acids is 2. The fraction of sp³-hybridized carbons (Fsp3) is 0.882. The number of nitrogens with zero attached hydrogens (tertiary/aromatic N) is 1. The van der Waals surface area contributed by atoms with E-state index in [2.05, 4.69) is 5.32 Å². The summed E-state index contributed by atoms with van der Waals surface area (Å²) in [7, 11) is 0. The molecule has 1 saturated heterocycles. The molecule has 3 rings (SSSR count). The zero-order valence-electron chi connectivity index (χ0n) is 13.5. The number of hydrogen-bond acceptors (Lipinski definition) is 2. The summed E-state index contributed by atoms with van der Waals surface area (Å²) in [5, 5.41) is 3.11. The predicted molar refractivity (Wildman–Crippen MR) is 81.6 cm³/mol. The standard InChI is InChI=1S/C17H28N2O2/c1-11(2)19-14(12-7-5-4-6-8-12)15(20)18-17(3,16(19)21)13-9-10-13/h11-14H,4-10H2,1-3H3,(H,18,20). The number of hydrogen-bond donors (Lipinski definition) is 1. The van der Waals surface area contributed by atoms with Crippen molar-refractivity contribution in [3.8, 4) is 0 Å². The van der Waals surface area contributed by atoms with E-state index in [1.807, 2.05) is 25.7 Å². The smallest absolute Gasteiger partial charge is 0.249 e. The largest absolute Gasteiger partial charge is 0.340 e. The van der Waals surface area contributed by atoms with E-state index in [1.165, 1.54) is 19.3 Å². The maximum Gasteiger partial charge on any atom is 0.249 e. The summed E-state index contributed by atoms with van der Waals surface area (Å²) in [6.45, 7) is 6.01. The lowest BCUT2D eigenvalue weighted by Crippen LogP contribution is -2.72. The second-order valence-electron chi connectivity index (χ2n) is 7.61. The Balaban J connectivity index is 1.89. The lowest BCUT2D eigenvalue weighted by molar-refractivity contribution is -0.160. The Hall–Kier alpha value is -1.06. The van der Waals surface area contributed by atoms with Gasteiger partial charge in [0, 0.05) is 6.04 Å². The Bertz CT molecular complexity index is 438. The first kappa shape index (κ1) is 14.9. The van der Waals surface area contributed by atoms with Gasteiger partial charge in [-0.05, 0) is 58.3 Å². The molecule has 1 aliphatic heterocycles. The van der Waals surface area contributed by atoms with Gasteiger partial charge < -0.3 is 10.2 Å². The molecule has 0 spiro atoms. The first-order chi connectivity index (χ1) is 9.95. The average molecular weight is 292 g/mol. The molecule has 1 heterocycles. The van der Waals surface area contributed by atoms with Gasteiger partial charge in [-0.2, -0.15) is 0 Å². The van der Waals surface area contributed by atoms with E-state index in [0.717, 1.165) is 25.7 Å². The van der Waals surface area contributed by atoms with Crippen molar-refractivity contribution in [1.82, 2.24) is 10.2 Å². The van der Waals surface area contributed by atoms with Gasteiger partial charge in [0.15, 0.2) is 0 Å². The minimum absolute atomic E-state index is 0.0876. The minimum Gasteiger partial charge on any atom is -0.340 e. The third-order valence-corrected chi connectivity index (χ3v) is 5.68. The van der Waals surface area contributed by atoms with Crippen LogP contribution in [0.5, 0.6) is 0 Å². The van der Waals surface area contributed by atoms with Crippen LogP contribution in [0.4, 0.5) is 0 Å². The van der Waals surface area contributed by atoms with Crippen LogP contribution in [-0.4, -0.2) is 34.3 Å². The Morgan fingerprint density at radius 1 is 1.10 bits per heavy atom. The van der Waals surface area contributed by atoms with Crippen LogP contribution in [0.2, 0.25) is 0 Å². The molecule has 21 heavy (non-hydrogen) atoms. The minimum atomic E-state index is -0.660. The highest BCUT2D eigenvalue weighted by Crippen LogP contribution is 2.44. The lowest BCUT2D eigenvalue weighted by Gasteiger charge is -2.49. The second kappa shape index (κ2) is 5.29. The highest BCUT2D eigenvalue weighted by Gasteiger charge is 2.56. The van der Waals surface area contributed by atoms with Gasteiger partial charge in [0.2, 0.25) is 11.8 Å². The van der Waals surface area contributed by atoms with Crippen molar-refractivity contribution < 1.29 is 9.59 Å². The number of amides is 2. The Morgan fingerprint density at radius 3 is 2.24 bits per heavy atom. The van der Waals surface area contributed by atoms with E-state index in [0.29, 0.717) is 11.8 Å². The first-order valence-electron chi connectivity index (χ1n) is 8.60. The zero-order valence-corrected chi connectivity index (χ0v) is 13.5. The first-order valence-corrected chi connectivity index (χ1v) is 8.60. The summed E-state index contributed by atoms with van der Waals surface area (Å²) in [5.41, 5.74) is -0.660. The summed E-state index contributed by atoms with van der Waals surface area (Å²) in [6.07, 6.45) is 7.91. The summed E-state index contributed by atoms with van der Waals surface area (Å²) in [6, 6.07) is -0.154. The van der Waals surface area contributed by atoms with Crippen molar-refractivity contribution >= 4 is 11.8 Å². The van der Waals surface area contributed by atoms with Gasteiger partial charge >= 0.3 is 0 Å². The third kappa shape index (κ3) is 2.47. The fourth-order valence-corrected chi connectivity index (χ4v) is 4.29. The highest BCUT2D eigenvalue weighted by molar-refractivity contribution is 6.00.